The van der Waals surface area contributed by atoms with Crippen LogP contribution in [0.1, 0.15) is 42.2 Å². The Morgan fingerprint density at radius 2 is 2.07 bits per heavy atom. The van der Waals surface area contributed by atoms with Crippen molar-refractivity contribution in [2.75, 3.05) is 19.3 Å². The molecule has 8 nitrogen and oxygen atoms in total. The summed E-state index contributed by atoms with van der Waals surface area (Å²) in [6.45, 7) is 1.49. The number of nitrogens with one attached hydrogen (secondary N) is 1. The van der Waals surface area contributed by atoms with Crippen LogP contribution in [0.3, 0.4) is 0 Å². The van der Waals surface area contributed by atoms with Gasteiger partial charge in [0.2, 0.25) is 0 Å². The Kier molecular flexibility index (Phi) is 6.94. The number of halogens is 1. The quantitative estimate of drug-likeness (QED) is 0.400. The summed E-state index contributed by atoms with van der Waals surface area (Å²) in [4.78, 5) is 21.1. The number of primary amides is 1. The van der Waals surface area contributed by atoms with E-state index in [4.69, 9.17) is 16.5 Å². The van der Waals surface area contributed by atoms with Gasteiger partial charge in [0.15, 0.2) is 10.9 Å². The number of fused-ring (bicyclic) bond motifs is 3. The molecule has 0 unspecified atom stereocenters. The van der Waals surface area contributed by atoms with Gasteiger partial charge < -0.3 is 16.8 Å². The normalized spacial score (nSPS) is 19.4. The molecule has 2 aromatic heterocycles. The van der Waals surface area contributed by atoms with Crippen molar-refractivity contribution in [3.63, 3.8) is 0 Å². The van der Waals surface area contributed by atoms with Gasteiger partial charge in [-0.15, -0.1) is 12.4 Å². The van der Waals surface area contributed by atoms with Gasteiger partial charge in [0.1, 0.15) is 5.52 Å². The molecule has 0 spiro atoms. The summed E-state index contributed by atoms with van der Waals surface area (Å²) < 4.78 is 1.98. The fourth-order valence-electron chi connectivity index (χ4n) is 4.06. The number of nitrogens with two attached hydrogens (primary N) is 2. The van der Waals surface area contributed by atoms with Crippen LogP contribution in [0.2, 0.25) is 0 Å². The van der Waals surface area contributed by atoms with Crippen molar-refractivity contribution in [1.82, 2.24) is 25.1 Å². The zero-order valence-electron chi connectivity index (χ0n) is 16.3. The van der Waals surface area contributed by atoms with Crippen LogP contribution >= 0.6 is 24.2 Å². The summed E-state index contributed by atoms with van der Waals surface area (Å²) in [7, 11) is 0. The molecule has 5 N–H and O–H groups in total. The number of thioether (sulfide) groups is 1. The van der Waals surface area contributed by atoms with E-state index in [2.05, 4.69) is 15.4 Å². The average molecular weight is 436 g/mol. The molecule has 1 aliphatic carbocycles. The van der Waals surface area contributed by atoms with Crippen molar-refractivity contribution in [3.05, 3.63) is 24.0 Å². The first-order valence-electron chi connectivity index (χ1n) is 9.57. The Morgan fingerprint density at radius 3 is 2.72 bits per heavy atom. The summed E-state index contributed by atoms with van der Waals surface area (Å²) in [5.41, 5.74) is 13.2. The van der Waals surface area contributed by atoms with Crippen LogP contribution in [-0.4, -0.2) is 51.0 Å². The molecule has 0 aliphatic heterocycles. The van der Waals surface area contributed by atoms with Crippen molar-refractivity contribution in [2.45, 2.75) is 42.9 Å². The highest BCUT2D eigenvalue weighted by molar-refractivity contribution is 7.98. The largest absolute Gasteiger partial charge is 0.364 e. The topological polar surface area (TPSA) is 125 Å². The maximum atomic E-state index is 12.0. The number of carbonyl (C=O) groups excluding carboxylic acids is 1. The third kappa shape index (κ3) is 4.18. The molecule has 0 atom stereocenters. The van der Waals surface area contributed by atoms with Crippen LogP contribution in [0.15, 0.2) is 23.5 Å². The molecule has 0 bridgehead atoms. The molecule has 0 radical (unpaired) electrons. The van der Waals surface area contributed by atoms with Crippen LogP contribution in [0, 0.1) is 0 Å². The highest BCUT2D eigenvalue weighted by Crippen LogP contribution is 2.35. The van der Waals surface area contributed by atoms with Crippen molar-refractivity contribution >= 4 is 51.9 Å². The Labute approximate surface area is 179 Å². The number of hydrogen-bond acceptors (Lipinski definition) is 7. The minimum Gasteiger partial charge on any atom is -0.364 e. The fraction of sp³-hybridized carbons (Fsp3) is 0.474. The Balaban J connectivity index is 0.00000240. The van der Waals surface area contributed by atoms with Gasteiger partial charge in [-0.3, -0.25) is 9.48 Å². The second kappa shape index (κ2) is 9.25. The standard InChI is InChI=1S/C19H25N7OS.ClH/c1-28-19-23-10-11-2-7-14-16(18(21)27)25-26(17(14)15(11)24-19)13-5-3-12(4-6-13)22-9-8-20;/h2,7,10,12-13,22H,3-6,8-9,20H2,1H3,(H2,21,27);1H. The maximum absolute atomic E-state index is 12.0. The lowest BCUT2D eigenvalue weighted by molar-refractivity contribution is 0.0995. The van der Waals surface area contributed by atoms with E-state index in [1.807, 2.05) is 29.3 Å². The minimum atomic E-state index is -0.513. The number of nitrogens with zero attached hydrogens (tertiary/aromatic N) is 4. The molecule has 29 heavy (non-hydrogen) atoms. The van der Waals surface area contributed by atoms with E-state index < -0.39 is 5.91 Å². The highest BCUT2D eigenvalue weighted by atomic mass is 35.5. The van der Waals surface area contributed by atoms with Gasteiger partial charge in [0.05, 0.1) is 11.6 Å². The summed E-state index contributed by atoms with van der Waals surface area (Å²) in [5, 5.41) is 10.5. The van der Waals surface area contributed by atoms with Crippen molar-refractivity contribution in [2.24, 2.45) is 11.5 Å². The summed E-state index contributed by atoms with van der Waals surface area (Å²) in [6, 6.07) is 4.52. The fourth-order valence-corrected chi connectivity index (χ4v) is 4.40. The van der Waals surface area contributed by atoms with E-state index in [0.717, 1.165) is 54.0 Å². The molecule has 156 valence electrons. The number of benzene rings is 1. The minimum absolute atomic E-state index is 0. The van der Waals surface area contributed by atoms with Crippen LogP contribution in [-0.2, 0) is 0 Å². The van der Waals surface area contributed by atoms with E-state index >= 15 is 0 Å². The molecule has 2 heterocycles. The predicted octanol–water partition coefficient (Wildman–Crippen LogP) is 2.25. The van der Waals surface area contributed by atoms with Gasteiger partial charge >= 0.3 is 0 Å². The molecular weight excluding hydrogens is 410 g/mol. The van der Waals surface area contributed by atoms with Gasteiger partial charge in [-0.25, -0.2) is 9.97 Å². The summed E-state index contributed by atoms with van der Waals surface area (Å²) in [5.74, 6) is -0.513. The molecular formula is C19H26ClN7OS. The summed E-state index contributed by atoms with van der Waals surface area (Å²) in [6.07, 6.45) is 7.83. The highest BCUT2D eigenvalue weighted by Gasteiger charge is 2.27. The van der Waals surface area contributed by atoms with Crippen LogP contribution in [0.4, 0.5) is 0 Å². The molecule has 1 aliphatic rings. The lowest BCUT2D eigenvalue weighted by Gasteiger charge is -2.29. The molecule has 4 rings (SSSR count). The Bertz CT molecular complexity index is 1020. The first kappa shape index (κ1) is 21.8. The zero-order valence-corrected chi connectivity index (χ0v) is 17.9. The maximum Gasteiger partial charge on any atom is 0.269 e. The predicted molar refractivity (Wildman–Crippen MR) is 119 cm³/mol. The average Bonchev–Trinajstić information content (AvgIpc) is 3.12. The van der Waals surface area contributed by atoms with E-state index in [-0.39, 0.29) is 18.4 Å². The molecule has 1 aromatic carbocycles. The van der Waals surface area contributed by atoms with Crippen LogP contribution < -0.4 is 16.8 Å². The zero-order chi connectivity index (χ0) is 19.7. The number of hydrogen-bond donors (Lipinski definition) is 3. The SMILES string of the molecule is CSc1ncc2ccc3c(C(N)=O)nn(C4CCC(NCCN)CC4)c3c2n1.Cl. The first-order chi connectivity index (χ1) is 13.6. The Morgan fingerprint density at radius 1 is 1.31 bits per heavy atom. The van der Waals surface area contributed by atoms with Gasteiger partial charge in [0, 0.05) is 36.1 Å². The number of aromatic nitrogens is 4. The number of amides is 1. The number of carbonyl (C=O) groups is 1. The first-order valence-corrected chi connectivity index (χ1v) is 10.8. The molecule has 1 amide bonds. The number of rotatable bonds is 6. The smallest absolute Gasteiger partial charge is 0.269 e. The monoisotopic (exact) mass is 435 g/mol. The van der Waals surface area contributed by atoms with E-state index in [9.17, 15) is 4.79 Å². The van der Waals surface area contributed by atoms with Gasteiger partial charge in [-0.1, -0.05) is 17.8 Å². The van der Waals surface area contributed by atoms with E-state index in [1.165, 1.54) is 11.8 Å². The third-order valence-electron chi connectivity index (χ3n) is 5.43. The van der Waals surface area contributed by atoms with Crippen molar-refractivity contribution < 1.29 is 4.79 Å². The Hall–Kier alpha value is -1.94. The second-order valence-corrected chi connectivity index (χ2v) is 7.94. The molecule has 1 fully saturated rings. The third-order valence-corrected chi connectivity index (χ3v) is 5.99. The lowest BCUT2D eigenvalue weighted by Crippen LogP contribution is -2.36. The molecule has 0 saturated heterocycles. The van der Waals surface area contributed by atoms with Crippen molar-refractivity contribution in [1.29, 1.82) is 0 Å². The lowest BCUT2D eigenvalue weighted by atomic mass is 9.91. The van der Waals surface area contributed by atoms with Crippen molar-refractivity contribution in [3.8, 4) is 0 Å². The van der Waals surface area contributed by atoms with E-state index in [1.54, 1.807) is 0 Å². The van der Waals surface area contributed by atoms with Gasteiger partial charge in [0.25, 0.3) is 5.91 Å². The molecule has 10 heteroatoms. The van der Waals surface area contributed by atoms with Gasteiger partial charge in [-0.05, 0) is 38.0 Å². The van der Waals surface area contributed by atoms with E-state index in [0.29, 0.717) is 23.4 Å². The summed E-state index contributed by atoms with van der Waals surface area (Å²) >= 11 is 1.49. The second-order valence-electron chi connectivity index (χ2n) is 7.16. The molecule has 3 aromatic rings. The molecule has 1 saturated carbocycles. The van der Waals surface area contributed by atoms with Gasteiger partial charge in [-0.2, -0.15) is 5.10 Å². The van der Waals surface area contributed by atoms with Crippen LogP contribution in [0.25, 0.3) is 21.8 Å². The van der Waals surface area contributed by atoms with Crippen LogP contribution in [0.5, 0.6) is 0 Å².